The number of Topliss-reactive ketones (excluding diaryl/α,β-unsaturated/α-hetero) is 1. The summed E-state index contributed by atoms with van der Waals surface area (Å²) in [6.45, 7) is 6.25. The molecule has 1 rings (SSSR count). The number of amides is 1. The fraction of sp³-hybridized carbons (Fsp3) is 0.571. The molecule has 1 aromatic heterocycles. The Hall–Kier alpha value is -0.910. The number of carbonyl (C=O) groups excluding carboxylic acids is 2. The zero-order valence-corrected chi connectivity index (χ0v) is 14.1. The van der Waals surface area contributed by atoms with E-state index in [2.05, 4.69) is 0 Å². The summed E-state index contributed by atoms with van der Waals surface area (Å²) >= 11 is 1.61. The second-order valence-electron chi connectivity index (χ2n) is 4.84. The lowest BCUT2D eigenvalue weighted by atomic mass is 10.1. The number of halogens is 1. The van der Waals surface area contributed by atoms with Gasteiger partial charge < -0.3 is 10.6 Å². The lowest BCUT2D eigenvalue weighted by Crippen LogP contribution is -2.39. The molecule has 2 N–H and O–H groups in total. The molecule has 0 aromatic carbocycles. The Morgan fingerprint density at radius 3 is 2.40 bits per heavy atom. The summed E-state index contributed by atoms with van der Waals surface area (Å²) < 4.78 is 0. The number of ketones is 1. The second kappa shape index (κ2) is 8.39. The monoisotopic (exact) mass is 318 g/mol. The first-order valence-corrected chi connectivity index (χ1v) is 7.24. The Kier molecular flexibility index (Phi) is 8.01. The number of likely N-dealkylation sites (N-methyl/N-ethyl adjacent to an activating group) is 1. The fourth-order valence-electron chi connectivity index (χ4n) is 1.84. The highest BCUT2D eigenvalue weighted by atomic mass is 35.5. The third kappa shape index (κ3) is 4.89. The van der Waals surface area contributed by atoms with Crippen molar-refractivity contribution in [2.24, 2.45) is 5.73 Å². The number of aryl methyl sites for hydroxylation is 2. The first-order valence-electron chi connectivity index (χ1n) is 6.42. The maximum atomic E-state index is 12.1. The maximum absolute atomic E-state index is 12.1. The normalized spacial score (nSPS) is 11.7. The smallest absolute Gasteiger partial charge is 0.223 e. The van der Waals surface area contributed by atoms with Crippen LogP contribution in [0.15, 0.2) is 6.07 Å². The molecule has 1 unspecified atom stereocenters. The maximum Gasteiger partial charge on any atom is 0.223 e. The highest BCUT2D eigenvalue weighted by molar-refractivity contribution is 7.12. The minimum atomic E-state index is -0.0316. The minimum Gasteiger partial charge on any atom is -0.342 e. The molecular weight excluding hydrogens is 296 g/mol. The summed E-state index contributed by atoms with van der Waals surface area (Å²) in [4.78, 5) is 27.7. The molecular formula is C14H23ClN2O2S. The van der Waals surface area contributed by atoms with Crippen LogP contribution in [-0.4, -0.2) is 36.2 Å². The van der Waals surface area contributed by atoms with E-state index in [0.29, 0.717) is 6.54 Å². The summed E-state index contributed by atoms with van der Waals surface area (Å²) in [5, 5.41) is 0. The molecule has 0 saturated carbocycles. The van der Waals surface area contributed by atoms with Gasteiger partial charge in [-0.15, -0.1) is 23.7 Å². The SMILES string of the molecule is Cc1cc(C(=O)CCC(=O)N(C)C(C)CN)c(C)s1.Cl. The summed E-state index contributed by atoms with van der Waals surface area (Å²) in [6, 6.07) is 1.91. The van der Waals surface area contributed by atoms with Gasteiger partial charge in [0.1, 0.15) is 0 Å². The van der Waals surface area contributed by atoms with Gasteiger partial charge in [0.15, 0.2) is 5.78 Å². The van der Waals surface area contributed by atoms with Crippen LogP contribution in [0.3, 0.4) is 0 Å². The van der Waals surface area contributed by atoms with E-state index in [0.717, 1.165) is 15.3 Å². The van der Waals surface area contributed by atoms with E-state index in [1.54, 1.807) is 23.3 Å². The van der Waals surface area contributed by atoms with Crippen LogP contribution in [0, 0.1) is 13.8 Å². The first-order chi connectivity index (χ1) is 8.86. The average molecular weight is 319 g/mol. The number of thiophene rings is 1. The predicted octanol–water partition coefficient (Wildman–Crippen LogP) is 2.56. The van der Waals surface area contributed by atoms with Crippen molar-refractivity contribution in [2.45, 2.75) is 39.7 Å². The molecule has 1 amide bonds. The molecule has 0 aliphatic carbocycles. The molecule has 4 nitrogen and oxygen atoms in total. The molecule has 1 heterocycles. The van der Waals surface area contributed by atoms with Gasteiger partial charge in [0.25, 0.3) is 0 Å². The molecule has 0 fully saturated rings. The number of nitrogens with zero attached hydrogens (tertiary/aromatic N) is 1. The van der Waals surface area contributed by atoms with E-state index >= 15 is 0 Å². The number of rotatable bonds is 6. The van der Waals surface area contributed by atoms with Crippen molar-refractivity contribution in [3.05, 3.63) is 21.4 Å². The lowest BCUT2D eigenvalue weighted by molar-refractivity contribution is -0.131. The van der Waals surface area contributed by atoms with Crippen LogP contribution in [0.1, 0.15) is 39.9 Å². The zero-order valence-electron chi connectivity index (χ0n) is 12.4. The van der Waals surface area contributed by atoms with Crippen molar-refractivity contribution >= 4 is 35.4 Å². The molecule has 0 aliphatic heterocycles. The molecule has 6 heteroatoms. The number of hydrogen-bond donors (Lipinski definition) is 1. The van der Waals surface area contributed by atoms with Gasteiger partial charge in [-0.3, -0.25) is 9.59 Å². The van der Waals surface area contributed by atoms with Crippen LogP contribution in [0.25, 0.3) is 0 Å². The number of hydrogen-bond acceptors (Lipinski definition) is 4. The Labute approximate surface area is 130 Å². The second-order valence-corrected chi connectivity index (χ2v) is 6.30. The molecule has 0 aliphatic rings. The molecule has 0 bridgehead atoms. The minimum absolute atomic E-state index is 0. The van der Waals surface area contributed by atoms with Gasteiger partial charge in [-0.25, -0.2) is 0 Å². The largest absolute Gasteiger partial charge is 0.342 e. The summed E-state index contributed by atoms with van der Waals surface area (Å²) in [5.74, 6) is 0.0138. The molecule has 20 heavy (non-hydrogen) atoms. The van der Waals surface area contributed by atoms with Gasteiger partial charge in [-0.1, -0.05) is 0 Å². The predicted molar refractivity (Wildman–Crippen MR) is 85.9 cm³/mol. The van der Waals surface area contributed by atoms with E-state index in [1.165, 1.54) is 0 Å². The van der Waals surface area contributed by atoms with E-state index in [9.17, 15) is 9.59 Å². The van der Waals surface area contributed by atoms with Gasteiger partial charge in [0.05, 0.1) is 0 Å². The fourth-order valence-corrected chi connectivity index (χ4v) is 2.79. The molecule has 0 saturated heterocycles. The Morgan fingerprint density at radius 2 is 1.95 bits per heavy atom. The quantitative estimate of drug-likeness (QED) is 0.820. The highest BCUT2D eigenvalue weighted by Gasteiger charge is 2.17. The molecule has 114 valence electrons. The van der Waals surface area contributed by atoms with Crippen molar-refractivity contribution in [2.75, 3.05) is 13.6 Å². The van der Waals surface area contributed by atoms with Crippen LogP contribution in [0.4, 0.5) is 0 Å². The van der Waals surface area contributed by atoms with Crippen molar-refractivity contribution in [3.63, 3.8) is 0 Å². The Morgan fingerprint density at radius 1 is 1.35 bits per heavy atom. The van der Waals surface area contributed by atoms with E-state index in [-0.39, 0.29) is 43.0 Å². The van der Waals surface area contributed by atoms with Crippen molar-refractivity contribution in [1.82, 2.24) is 4.90 Å². The third-order valence-electron chi connectivity index (χ3n) is 3.30. The number of nitrogens with two attached hydrogens (primary N) is 1. The Balaban J connectivity index is 0.00000361. The van der Waals surface area contributed by atoms with E-state index in [4.69, 9.17) is 5.73 Å². The van der Waals surface area contributed by atoms with Gasteiger partial charge in [-0.05, 0) is 26.8 Å². The topological polar surface area (TPSA) is 63.4 Å². The zero-order chi connectivity index (χ0) is 14.6. The van der Waals surface area contributed by atoms with Crippen LogP contribution in [-0.2, 0) is 4.79 Å². The van der Waals surface area contributed by atoms with Gasteiger partial charge in [0.2, 0.25) is 5.91 Å². The third-order valence-corrected chi connectivity index (χ3v) is 4.27. The van der Waals surface area contributed by atoms with Gasteiger partial charge >= 0.3 is 0 Å². The van der Waals surface area contributed by atoms with Crippen LogP contribution >= 0.6 is 23.7 Å². The Bertz CT molecular complexity index is 474. The first kappa shape index (κ1) is 19.1. The van der Waals surface area contributed by atoms with E-state index in [1.807, 2.05) is 26.8 Å². The van der Waals surface area contributed by atoms with Crippen LogP contribution in [0.5, 0.6) is 0 Å². The molecule has 0 spiro atoms. The van der Waals surface area contributed by atoms with Crippen molar-refractivity contribution < 1.29 is 9.59 Å². The van der Waals surface area contributed by atoms with Gasteiger partial charge in [-0.2, -0.15) is 0 Å². The molecule has 1 aromatic rings. The van der Waals surface area contributed by atoms with Crippen LogP contribution in [0.2, 0.25) is 0 Å². The summed E-state index contributed by atoms with van der Waals surface area (Å²) in [5.41, 5.74) is 6.28. The van der Waals surface area contributed by atoms with Crippen molar-refractivity contribution in [3.8, 4) is 0 Å². The molecule has 1 atom stereocenters. The van der Waals surface area contributed by atoms with Gasteiger partial charge in [0, 0.05) is 47.8 Å². The molecule has 0 radical (unpaired) electrons. The number of carbonyl (C=O) groups is 2. The lowest BCUT2D eigenvalue weighted by Gasteiger charge is -2.23. The standard InChI is InChI=1S/C14H22N2O2S.ClH/c1-9(8-15)16(4)14(18)6-5-13(17)12-7-10(2)19-11(12)3;/h7,9H,5-6,8,15H2,1-4H3;1H. The average Bonchev–Trinajstić information content (AvgIpc) is 2.72. The highest BCUT2D eigenvalue weighted by Crippen LogP contribution is 2.22. The summed E-state index contributed by atoms with van der Waals surface area (Å²) in [7, 11) is 1.73. The summed E-state index contributed by atoms with van der Waals surface area (Å²) in [6.07, 6.45) is 0.505. The van der Waals surface area contributed by atoms with Crippen LogP contribution < -0.4 is 5.73 Å². The van der Waals surface area contributed by atoms with E-state index < -0.39 is 0 Å². The van der Waals surface area contributed by atoms with Crippen molar-refractivity contribution in [1.29, 1.82) is 0 Å².